The normalized spacial score (nSPS) is 18.4. The summed E-state index contributed by atoms with van der Waals surface area (Å²) in [5.74, 6) is 0.0881. The van der Waals surface area contributed by atoms with E-state index >= 15 is 0 Å². The first-order valence-electron chi connectivity index (χ1n) is 6.84. The van der Waals surface area contributed by atoms with Crippen LogP contribution in [0.4, 0.5) is 0 Å². The first-order chi connectivity index (χ1) is 10.1. The third-order valence-electron chi connectivity index (χ3n) is 3.48. The van der Waals surface area contributed by atoms with Crippen molar-refractivity contribution < 1.29 is 14.3 Å². The van der Waals surface area contributed by atoms with Gasteiger partial charge in [-0.3, -0.25) is 9.59 Å². The molecular weight excluding hydrogens is 354 g/mol. The van der Waals surface area contributed by atoms with Crippen LogP contribution in [0, 0.1) is 5.92 Å². The molecule has 1 aliphatic heterocycles. The monoisotopic (exact) mass is 371 g/mol. The highest BCUT2D eigenvalue weighted by molar-refractivity contribution is 9.10. The number of esters is 1. The van der Waals surface area contributed by atoms with Crippen molar-refractivity contribution in [3.63, 3.8) is 0 Å². The van der Waals surface area contributed by atoms with Gasteiger partial charge < -0.3 is 9.64 Å². The number of piperidine rings is 1. The van der Waals surface area contributed by atoms with Gasteiger partial charge in [0.2, 0.25) is 5.91 Å². The Bertz CT molecular complexity index is 506. The fourth-order valence-corrected chi connectivity index (χ4v) is 3.40. The molecule has 4 nitrogen and oxygen atoms in total. The number of hydrogen-bond donors (Lipinski definition) is 0. The molecule has 0 aromatic heterocycles. The van der Waals surface area contributed by atoms with Crippen molar-refractivity contribution in [2.24, 2.45) is 5.92 Å². The van der Waals surface area contributed by atoms with Crippen LogP contribution < -0.4 is 0 Å². The van der Waals surface area contributed by atoms with Gasteiger partial charge in [-0.25, -0.2) is 0 Å². The zero-order valence-corrected chi connectivity index (χ0v) is 14.3. The van der Waals surface area contributed by atoms with Crippen molar-refractivity contribution in [2.75, 3.05) is 26.0 Å². The predicted molar refractivity (Wildman–Crippen MR) is 86.2 cm³/mol. The van der Waals surface area contributed by atoms with Gasteiger partial charge in [-0.2, -0.15) is 0 Å². The fourth-order valence-electron chi connectivity index (χ4n) is 2.33. The number of methoxy groups -OCH3 is 1. The predicted octanol–water partition coefficient (Wildman–Crippen LogP) is 2.95. The Balaban J connectivity index is 1.85. The van der Waals surface area contributed by atoms with Crippen molar-refractivity contribution in [1.82, 2.24) is 4.90 Å². The summed E-state index contributed by atoms with van der Waals surface area (Å²) >= 11 is 4.90. The summed E-state index contributed by atoms with van der Waals surface area (Å²) in [5, 5.41) is 0. The summed E-state index contributed by atoms with van der Waals surface area (Å²) in [4.78, 5) is 26.7. The Hall–Kier alpha value is -1.01. The maximum atomic E-state index is 12.2. The number of thioether (sulfide) groups is 1. The molecule has 6 heteroatoms. The number of likely N-dealkylation sites (tertiary alicyclic amines) is 1. The minimum absolute atomic E-state index is 0.0801. The van der Waals surface area contributed by atoms with E-state index in [2.05, 4.69) is 15.9 Å². The van der Waals surface area contributed by atoms with Gasteiger partial charge in [-0.05, 0) is 37.1 Å². The highest BCUT2D eigenvalue weighted by Crippen LogP contribution is 2.23. The molecular formula is C15H18BrNO3S. The van der Waals surface area contributed by atoms with Gasteiger partial charge in [-0.1, -0.05) is 15.9 Å². The SMILES string of the molecule is COC(=O)[C@H]1CCCN(C(=O)CSc2ccc(Br)cc2)C1. The Morgan fingerprint density at radius 3 is 2.76 bits per heavy atom. The van der Waals surface area contributed by atoms with Gasteiger partial charge in [-0.15, -0.1) is 11.8 Å². The van der Waals surface area contributed by atoms with Gasteiger partial charge in [0.1, 0.15) is 0 Å². The first-order valence-corrected chi connectivity index (χ1v) is 8.62. The van der Waals surface area contributed by atoms with E-state index in [1.54, 1.807) is 4.90 Å². The van der Waals surface area contributed by atoms with E-state index < -0.39 is 0 Å². The van der Waals surface area contributed by atoms with Gasteiger partial charge in [0.15, 0.2) is 0 Å². The Kier molecular flexibility index (Phi) is 6.11. The van der Waals surface area contributed by atoms with E-state index in [1.165, 1.54) is 18.9 Å². The molecule has 0 unspecified atom stereocenters. The van der Waals surface area contributed by atoms with Gasteiger partial charge in [0.25, 0.3) is 0 Å². The van der Waals surface area contributed by atoms with Crippen LogP contribution in [0.2, 0.25) is 0 Å². The number of rotatable bonds is 4. The Morgan fingerprint density at radius 2 is 2.10 bits per heavy atom. The lowest BCUT2D eigenvalue weighted by Gasteiger charge is -2.31. The van der Waals surface area contributed by atoms with Crippen molar-refractivity contribution in [3.8, 4) is 0 Å². The summed E-state index contributed by atoms with van der Waals surface area (Å²) in [6.45, 7) is 1.21. The van der Waals surface area contributed by atoms with E-state index in [4.69, 9.17) is 4.74 Å². The molecule has 1 fully saturated rings. The maximum Gasteiger partial charge on any atom is 0.310 e. The van der Waals surface area contributed by atoms with Crippen LogP contribution in [-0.4, -0.2) is 42.7 Å². The molecule has 114 valence electrons. The zero-order chi connectivity index (χ0) is 15.2. The maximum absolute atomic E-state index is 12.2. The molecule has 0 saturated carbocycles. The summed E-state index contributed by atoms with van der Waals surface area (Å²) in [6.07, 6.45) is 1.66. The highest BCUT2D eigenvalue weighted by Gasteiger charge is 2.28. The molecule has 1 aromatic carbocycles. The number of halogens is 1. The van der Waals surface area contributed by atoms with Crippen LogP contribution in [0.3, 0.4) is 0 Å². The largest absolute Gasteiger partial charge is 0.469 e. The molecule has 0 bridgehead atoms. The van der Waals surface area contributed by atoms with Gasteiger partial charge >= 0.3 is 5.97 Å². The lowest BCUT2D eigenvalue weighted by atomic mass is 9.98. The standard InChI is InChI=1S/C15H18BrNO3S/c1-20-15(19)11-3-2-8-17(9-11)14(18)10-21-13-6-4-12(16)5-7-13/h4-7,11H,2-3,8-10H2,1H3/t11-/m0/s1. The minimum Gasteiger partial charge on any atom is -0.469 e. The quantitative estimate of drug-likeness (QED) is 0.602. The molecule has 0 aliphatic carbocycles. The molecule has 0 spiro atoms. The Morgan fingerprint density at radius 1 is 1.38 bits per heavy atom. The second-order valence-corrected chi connectivity index (χ2v) is 6.91. The number of benzene rings is 1. The topological polar surface area (TPSA) is 46.6 Å². The van der Waals surface area contributed by atoms with E-state index in [9.17, 15) is 9.59 Å². The number of nitrogens with zero attached hydrogens (tertiary/aromatic N) is 1. The molecule has 21 heavy (non-hydrogen) atoms. The smallest absolute Gasteiger partial charge is 0.310 e. The van der Waals surface area contributed by atoms with Crippen LogP contribution in [0.15, 0.2) is 33.6 Å². The van der Waals surface area contributed by atoms with Crippen LogP contribution in [0.25, 0.3) is 0 Å². The summed E-state index contributed by atoms with van der Waals surface area (Å²) in [6, 6.07) is 7.88. The third kappa shape index (κ3) is 4.74. The van der Waals surface area contributed by atoms with Crippen LogP contribution >= 0.6 is 27.7 Å². The van der Waals surface area contributed by atoms with Gasteiger partial charge in [0.05, 0.1) is 18.8 Å². The van der Waals surface area contributed by atoms with Gasteiger partial charge in [0, 0.05) is 22.5 Å². The van der Waals surface area contributed by atoms with Crippen LogP contribution in [-0.2, 0) is 14.3 Å². The minimum atomic E-state index is -0.215. The molecule has 0 radical (unpaired) electrons. The average molecular weight is 372 g/mol. The molecule has 0 N–H and O–H groups in total. The molecule has 1 saturated heterocycles. The number of carbonyl (C=O) groups excluding carboxylic acids is 2. The fraction of sp³-hybridized carbons (Fsp3) is 0.467. The third-order valence-corrected chi connectivity index (χ3v) is 5.01. The number of amides is 1. The number of carbonyl (C=O) groups is 2. The molecule has 1 atom stereocenters. The second-order valence-electron chi connectivity index (χ2n) is 4.94. The molecule has 1 amide bonds. The highest BCUT2D eigenvalue weighted by atomic mass is 79.9. The van der Waals surface area contributed by atoms with Crippen molar-refractivity contribution in [2.45, 2.75) is 17.7 Å². The van der Waals surface area contributed by atoms with Crippen molar-refractivity contribution in [3.05, 3.63) is 28.7 Å². The van der Waals surface area contributed by atoms with Crippen LogP contribution in [0.1, 0.15) is 12.8 Å². The number of hydrogen-bond acceptors (Lipinski definition) is 4. The summed E-state index contributed by atoms with van der Waals surface area (Å²) in [7, 11) is 1.40. The first kappa shape index (κ1) is 16.4. The van der Waals surface area contributed by atoms with E-state index in [0.29, 0.717) is 12.3 Å². The van der Waals surface area contributed by atoms with E-state index in [-0.39, 0.29) is 17.8 Å². The average Bonchev–Trinajstić information content (AvgIpc) is 2.53. The lowest BCUT2D eigenvalue weighted by Crippen LogP contribution is -2.43. The molecule has 1 aromatic rings. The van der Waals surface area contributed by atoms with Crippen molar-refractivity contribution >= 4 is 39.6 Å². The molecule has 1 aliphatic rings. The van der Waals surface area contributed by atoms with Crippen molar-refractivity contribution in [1.29, 1.82) is 0 Å². The van der Waals surface area contributed by atoms with E-state index in [1.807, 2.05) is 24.3 Å². The van der Waals surface area contributed by atoms with E-state index in [0.717, 1.165) is 28.8 Å². The zero-order valence-electron chi connectivity index (χ0n) is 11.9. The Labute approximate surface area is 137 Å². The molecule has 2 rings (SSSR count). The summed E-state index contributed by atoms with van der Waals surface area (Å²) < 4.78 is 5.79. The lowest BCUT2D eigenvalue weighted by molar-refractivity contribution is -0.148. The number of ether oxygens (including phenoxy) is 1. The molecule has 1 heterocycles. The second kappa shape index (κ2) is 7.84. The summed E-state index contributed by atoms with van der Waals surface area (Å²) in [5.41, 5.74) is 0. The van der Waals surface area contributed by atoms with Crippen LogP contribution in [0.5, 0.6) is 0 Å².